The highest BCUT2D eigenvalue weighted by atomic mass is 15.4. The molecule has 300 valence electrons. The van der Waals surface area contributed by atoms with Crippen LogP contribution in [0.4, 0.5) is 22.7 Å². The van der Waals surface area contributed by atoms with Crippen LogP contribution < -0.4 is 9.80 Å². The summed E-state index contributed by atoms with van der Waals surface area (Å²) in [7, 11) is 0. The molecule has 1 aliphatic heterocycles. The number of fused-ring (bicyclic) bond motifs is 4. The number of hydrogen-bond acceptors (Lipinski definition) is 3. The van der Waals surface area contributed by atoms with E-state index in [-0.39, 0.29) is 10.8 Å². The quantitative estimate of drug-likeness (QED) is 0.161. The van der Waals surface area contributed by atoms with Gasteiger partial charge < -0.3 is 9.80 Å². The first-order valence-electron chi connectivity index (χ1n) is 21.5. The molecule has 2 aromatic heterocycles. The van der Waals surface area contributed by atoms with E-state index in [2.05, 4.69) is 232 Å². The fraction of sp³-hybridized carbons (Fsp3) is 0.175. The summed E-state index contributed by atoms with van der Waals surface area (Å²) >= 11 is 0. The number of benzene rings is 7. The van der Waals surface area contributed by atoms with E-state index in [0.717, 1.165) is 12.2 Å². The lowest BCUT2D eigenvalue weighted by molar-refractivity contribution is 0.588. The van der Waals surface area contributed by atoms with Crippen molar-refractivity contribution in [3.63, 3.8) is 0 Å². The van der Waals surface area contributed by atoms with Crippen LogP contribution in [0.15, 0.2) is 182 Å². The first-order chi connectivity index (χ1) is 29.5. The molecule has 0 saturated carbocycles. The molecular weight excluding hydrogens is 741 g/mol. The molecule has 4 heteroatoms. The highest BCUT2D eigenvalue weighted by Gasteiger charge is 2.32. The molecule has 0 atom stereocenters. The third kappa shape index (κ3) is 7.06. The monoisotopic (exact) mass is 792 g/mol. The van der Waals surface area contributed by atoms with Gasteiger partial charge in [0.05, 0.1) is 28.1 Å². The van der Waals surface area contributed by atoms with Gasteiger partial charge in [0.2, 0.25) is 0 Å². The van der Waals surface area contributed by atoms with Crippen molar-refractivity contribution in [1.29, 1.82) is 0 Å². The second kappa shape index (κ2) is 15.0. The molecule has 9 aromatic rings. The Morgan fingerprint density at radius 1 is 0.475 bits per heavy atom. The summed E-state index contributed by atoms with van der Waals surface area (Å²) in [5, 5.41) is 2.48. The van der Waals surface area contributed by atoms with Gasteiger partial charge in [-0.2, -0.15) is 0 Å². The lowest BCUT2D eigenvalue weighted by atomic mass is 9.85. The van der Waals surface area contributed by atoms with Crippen LogP contribution in [0.5, 0.6) is 0 Å². The Morgan fingerprint density at radius 3 is 1.75 bits per heavy atom. The second-order valence-corrected chi connectivity index (χ2v) is 18.6. The predicted molar refractivity (Wildman–Crippen MR) is 258 cm³/mol. The fourth-order valence-corrected chi connectivity index (χ4v) is 9.14. The van der Waals surface area contributed by atoms with Crippen molar-refractivity contribution in [2.24, 2.45) is 0 Å². The van der Waals surface area contributed by atoms with E-state index < -0.39 is 0 Å². The zero-order valence-electron chi connectivity index (χ0n) is 36.0. The van der Waals surface area contributed by atoms with Crippen LogP contribution in [0.3, 0.4) is 0 Å². The van der Waals surface area contributed by atoms with Crippen LogP contribution in [0, 0.1) is 0 Å². The molecular formula is C57H52N4. The van der Waals surface area contributed by atoms with Gasteiger partial charge in [-0.3, -0.25) is 4.57 Å². The zero-order chi connectivity index (χ0) is 41.9. The molecule has 0 fully saturated rings. The molecule has 0 N–H and O–H groups in total. The van der Waals surface area contributed by atoms with Crippen LogP contribution in [0.2, 0.25) is 0 Å². The molecule has 0 aliphatic carbocycles. The van der Waals surface area contributed by atoms with Gasteiger partial charge >= 0.3 is 0 Å². The third-order valence-electron chi connectivity index (χ3n) is 12.4. The molecule has 0 radical (unpaired) electrons. The van der Waals surface area contributed by atoms with Crippen molar-refractivity contribution in [3.8, 4) is 28.1 Å². The Hall–Kier alpha value is -6.91. The van der Waals surface area contributed by atoms with Crippen molar-refractivity contribution in [3.05, 3.63) is 204 Å². The maximum Gasteiger partial charge on any atom is 0.137 e. The molecule has 4 nitrogen and oxygen atoms in total. The summed E-state index contributed by atoms with van der Waals surface area (Å²) in [4.78, 5) is 9.99. The van der Waals surface area contributed by atoms with Crippen LogP contribution >= 0.6 is 0 Å². The Balaban J connectivity index is 1.09. The SMILES string of the molecule is CC(C)(C)c1cc(Cc2ccc3c4ccccc4n(-c4cc(C(C)(C)C)ccn4)c3c2)cc(N2CN(c3c(-c4ccccc4)cccc3-c3ccccc3)c3ccccc32)c1. The minimum Gasteiger partial charge on any atom is -0.321 e. The standard InChI is InChI=1S/C57H52N4/c1-56(2,3)43-30-31-58-54(37-43)61-50-25-14-13-22-48(50)49-29-28-39(35-53(49)61)32-40-33-44(57(4,5)6)36-45(34-40)59-38-60(52-27-16-15-26-51(52)59)55-46(41-18-9-7-10-19-41)23-17-24-47(55)42-20-11-8-12-21-42/h7-31,33-37H,32,38H2,1-6H3. The lowest BCUT2D eigenvalue weighted by Crippen LogP contribution is -2.25. The van der Waals surface area contributed by atoms with Crippen molar-refractivity contribution in [2.45, 2.75) is 58.8 Å². The molecule has 0 amide bonds. The highest BCUT2D eigenvalue weighted by molar-refractivity contribution is 6.09. The molecule has 1 aliphatic rings. The van der Waals surface area contributed by atoms with E-state index in [1.165, 1.54) is 89.1 Å². The Labute approximate surface area is 360 Å². The summed E-state index contributed by atoms with van der Waals surface area (Å²) in [6.45, 7) is 14.4. The predicted octanol–water partition coefficient (Wildman–Crippen LogP) is 14.9. The smallest absolute Gasteiger partial charge is 0.137 e. The Bertz CT molecular complexity index is 3000. The number of pyridine rings is 1. The van der Waals surface area contributed by atoms with Gasteiger partial charge in [-0.05, 0) is 99.2 Å². The summed E-state index contributed by atoms with van der Waals surface area (Å²) in [6, 6.07) is 64.7. The van der Waals surface area contributed by atoms with Gasteiger partial charge in [-0.25, -0.2) is 4.98 Å². The Kier molecular flexibility index (Phi) is 9.40. The summed E-state index contributed by atoms with van der Waals surface area (Å²) in [6.07, 6.45) is 2.76. The molecule has 0 bridgehead atoms. The summed E-state index contributed by atoms with van der Waals surface area (Å²) in [5.41, 5.74) is 17.2. The zero-order valence-corrected chi connectivity index (χ0v) is 36.0. The largest absolute Gasteiger partial charge is 0.321 e. The molecule has 10 rings (SSSR count). The first-order valence-corrected chi connectivity index (χ1v) is 21.5. The van der Waals surface area contributed by atoms with E-state index in [1.54, 1.807) is 0 Å². The van der Waals surface area contributed by atoms with Gasteiger partial charge in [0.25, 0.3) is 0 Å². The first kappa shape index (κ1) is 38.3. The average Bonchev–Trinajstić information content (AvgIpc) is 3.82. The van der Waals surface area contributed by atoms with E-state index in [1.807, 2.05) is 6.20 Å². The average molecular weight is 793 g/mol. The fourth-order valence-electron chi connectivity index (χ4n) is 9.14. The van der Waals surface area contributed by atoms with Gasteiger partial charge in [-0.15, -0.1) is 0 Å². The molecule has 0 unspecified atom stereocenters. The van der Waals surface area contributed by atoms with Crippen molar-refractivity contribution in [2.75, 3.05) is 16.5 Å². The third-order valence-corrected chi connectivity index (χ3v) is 12.4. The van der Waals surface area contributed by atoms with Crippen LogP contribution in [-0.4, -0.2) is 16.2 Å². The maximum absolute atomic E-state index is 4.95. The van der Waals surface area contributed by atoms with Gasteiger partial charge in [0, 0.05) is 33.8 Å². The summed E-state index contributed by atoms with van der Waals surface area (Å²) < 4.78 is 2.35. The highest BCUT2D eigenvalue weighted by Crippen LogP contribution is 2.50. The van der Waals surface area contributed by atoms with Gasteiger partial charge in [0.15, 0.2) is 0 Å². The van der Waals surface area contributed by atoms with Gasteiger partial charge in [0.1, 0.15) is 12.5 Å². The second-order valence-electron chi connectivity index (χ2n) is 18.6. The van der Waals surface area contributed by atoms with Crippen molar-refractivity contribution >= 4 is 44.6 Å². The van der Waals surface area contributed by atoms with Crippen LogP contribution in [-0.2, 0) is 17.3 Å². The normalized spacial score (nSPS) is 13.0. The lowest BCUT2D eigenvalue weighted by Gasteiger charge is -2.28. The molecule has 61 heavy (non-hydrogen) atoms. The number of rotatable bonds is 7. The number of hydrogen-bond donors (Lipinski definition) is 0. The van der Waals surface area contributed by atoms with E-state index in [9.17, 15) is 0 Å². The van der Waals surface area contributed by atoms with Crippen LogP contribution in [0.1, 0.15) is 63.8 Å². The number of aromatic nitrogens is 2. The number of para-hydroxylation sites is 4. The maximum atomic E-state index is 4.95. The van der Waals surface area contributed by atoms with E-state index >= 15 is 0 Å². The molecule has 0 spiro atoms. The van der Waals surface area contributed by atoms with E-state index in [0.29, 0.717) is 6.67 Å². The molecule has 3 heterocycles. The summed E-state index contributed by atoms with van der Waals surface area (Å²) in [5.74, 6) is 0.953. The van der Waals surface area contributed by atoms with Crippen molar-refractivity contribution < 1.29 is 0 Å². The number of nitrogens with zero attached hydrogens (tertiary/aromatic N) is 4. The number of anilines is 4. The van der Waals surface area contributed by atoms with E-state index in [4.69, 9.17) is 4.98 Å². The van der Waals surface area contributed by atoms with Crippen LogP contribution in [0.25, 0.3) is 49.9 Å². The topological polar surface area (TPSA) is 24.3 Å². The molecule has 7 aromatic carbocycles. The van der Waals surface area contributed by atoms with Crippen molar-refractivity contribution in [1.82, 2.24) is 9.55 Å². The van der Waals surface area contributed by atoms with Gasteiger partial charge in [-0.1, -0.05) is 169 Å². The minimum absolute atomic E-state index is 0.0136. The Morgan fingerprint density at radius 2 is 1.08 bits per heavy atom. The molecule has 0 saturated heterocycles. The minimum atomic E-state index is -0.0514.